The highest BCUT2D eigenvalue weighted by atomic mass is 16.5. The van der Waals surface area contributed by atoms with Gasteiger partial charge in [-0.3, -0.25) is 15.0 Å². The molecule has 5 heteroatoms. The van der Waals surface area contributed by atoms with Crippen LogP contribution in [0.2, 0.25) is 0 Å². The van der Waals surface area contributed by atoms with Crippen LogP contribution in [0.1, 0.15) is 32.6 Å². The zero-order valence-corrected chi connectivity index (χ0v) is 14.8. The van der Waals surface area contributed by atoms with Crippen LogP contribution in [0.4, 0.5) is 0 Å². The van der Waals surface area contributed by atoms with Crippen LogP contribution < -0.4 is 0 Å². The van der Waals surface area contributed by atoms with Crippen LogP contribution in [0, 0.1) is 5.41 Å². The third-order valence-corrected chi connectivity index (χ3v) is 3.96. The molecule has 0 unspecified atom stereocenters. The molecule has 0 amide bonds. The molecule has 0 fully saturated rings. The van der Waals surface area contributed by atoms with E-state index in [2.05, 4.69) is 23.8 Å². The Balaban J connectivity index is 2.74. The fraction of sp³-hybridized carbons (Fsp3) is 0.474. The molecule has 0 radical (unpaired) electrons. The first-order valence-electron chi connectivity index (χ1n) is 7.93. The molecule has 130 valence electrons. The number of Topliss-reactive ketones (excluding diaryl/α,β-unsaturated/α-hetero) is 2. The van der Waals surface area contributed by atoms with Crippen molar-refractivity contribution in [2.45, 2.75) is 32.6 Å². The van der Waals surface area contributed by atoms with Gasteiger partial charge in [0.1, 0.15) is 5.71 Å². The summed E-state index contributed by atoms with van der Waals surface area (Å²) in [6.07, 6.45) is 1.96. The lowest BCUT2D eigenvalue weighted by Gasteiger charge is -2.27. The number of ketones is 2. The fourth-order valence-electron chi connectivity index (χ4n) is 2.56. The summed E-state index contributed by atoms with van der Waals surface area (Å²) in [6, 6.07) is 0. The Labute approximate surface area is 143 Å². The molecule has 0 aromatic carbocycles. The van der Waals surface area contributed by atoms with Crippen LogP contribution in [-0.4, -0.2) is 49.5 Å². The van der Waals surface area contributed by atoms with E-state index in [1.54, 1.807) is 0 Å². The van der Waals surface area contributed by atoms with Crippen molar-refractivity contribution in [2.75, 3.05) is 27.3 Å². The molecule has 1 aliphatic rings. The maximum Gasteiger partial charge on any atom is 0.184 e. The van der Waals surface area contributed by atoms with Gasteiger partial charge in [0, 0.05) is 57.1 Å². The third kappa shape index (κ3) is 5.44. The Morgan fingerprint density at radius 3 is 2.54 bits per heavy atom. The van der Waals surface area contributed by atoms with Crippen molar-refractivity contribution in [1.82, 2.24) is 4.90 Å². The van der Waals surface area contributed by atoms with Crippen molar-refractivity contribution in [2.24, 2.45) is 0 Å². The predicted molar refractivity (Wildman–Crippen MR) is 95.2 cm³/mol. The number of nitrogens with one attached hydrogen (secondary N) is 1. The van der Waals surface area contributed by atoms with Gasteiger partial charge in [-0.25, -0.2) is 0 Å². The van der Waals surface area contributed by atoms with E-state index in [1.807, 2.05) is 14.1 Å². The number of hydrogen-bond acceptors (Lipinski definition) is 5. The van der Waals surface area contributed by atoms with Crippen LogP contribution in [-0.2, 0) is 14.3 Å². The molecular formula is C19H26N2O3. The van der Waals surface area contributed by atoms with Gasteiger partial charge in [0.15, 0.2) is 11.6 Å². The van der Waals surface area contributed by atoms with E-state index < -0.39 is 17.3 Å². The van der Waals surface area contributed by atoms with Crippen LogP contribution in [0.15, 0.2) is 41.3 Å². The Bertz CT molecular complexity index is 635. The van der Waals surface area contributed by atoms with Gasteiger partial charge in [-0.2, -0.15) is 0 Å². The highest BCUT2D eigenvalue weighted by molar-refractivity contribution is 6.64. The fourth-order valence-corrected chi connectivity index (χ4v) is 2.56. The molecule has 0 saturated heterocycles. The van der Waals surface area contributed by atoms with E-state index in [-0.39, 0.29) is 6.42 Å². The molecule has 24 heavy (non-hydrogen) atoms. The van der Waals surface area contributed by atoms with Crippen molar-refractivity contribution in [3.05, 3.63) is 41.3 Å². The quantitative estimate of drug-likeness (QED) is 0.305. The second-order valence-electron chi connectivity index (χ2n) is 6.06. The van der Waals surface area contributed by atoms with Crippen LogP contribution >= 0.6 is 0 Å². The molecule has 0 saturated carbocycles. The maximum atomic E-state index is 11.7. The molecule has 0 aliphatic carbocycles. The Morgan fingerprint density at radius 2 is 2.00 bits per heavy atom. The lowest BCUT2D eigenvalue weighted by atomic mass is 9.93. The van der Waals surface area contributed by atoms with Gasteiger partial charge in [0.2, 0.25) is 0 Å². The van der Waals surface area contributed by atoms with Gasteiger partial charge in [-0.05, 0) is 6.42 Å². The average molecular weight is 330 g/mol. The summed E-state index contributed by atoms with van der Waals surface area (Å²) in [5.41, 5.74) is 6.59. The summed E-state index contributed by atoms with van der Waals surface area (Å²) >= 11 is 0. The highest BCUT2D eigenvalue weighted by Gasteiger charge is 2.19. The van der Waals surface area contributed by atoms with Crippen molar-refractivity contribution in [3.8, 4) is 0 Å². The Kier molecular flexibility index (Phi) is 7.56. The minimum Gasteiger partial charge on any atom is -0.381 e. The molecule has 0 bridgehead atoms. The Hall–Kier alpha value is -2.23. The molecule has 0 aromatic heterocycles. The van der Waals surface area contributed by atoms with E-state index >= 15 is 0 Å². The van der Waals surface area contributed by atoms with Gasteiger partial charge in [-0.15, -0.1) is 5.73 Å². The largest absolute Gasteiger partial charge is 0.381 e. The molecule has 1 aliphatic heterocycles. The zero-order chi connectivity index (χ0) is 18.3. The minimum atomic E-state index is -0.502. The van der Waals surface area contributed by atoms with Crippen molar-refractivity contribution < 1.29 is 14.3 Å². The zero-order valence-electron chi connectivity index (χ0n) is 14.8. The number of allylic oxidation sites excluding steroid dienone is 1. The van der Waals surface area contributed by atoms with Gasteiger partial charge in [-0.1, -0.05) is 18.7 Å². The standard InChI is InChI=1S/C19H26N2O3/c1-6-15(16-12-24-10-9-17(16)21(4)5)11-13(2)7-8-18(23)19(20)14(3)22/h20H,1-2,7-12H2,3-5H3. The summed E-state index contributed by atoms with van der Waals surface area (Å²) in [6.45, 7) is 10.2. The molecule has 0 aromatic rings. The van der Waals surface area contributed by atoms with Crippen LogP contribution in [0.3, 0.4) is 0 Å². The molecule has 1 N–H and O–H groups in total. The normalized spacial score (nSPS) is 14.0. The first-order valence-corrected chi connectivity index (χ1v) is 7.93. The van der Waals surface area contributed by atoms with E-state index in [0.29, 0.717) is 26.1 Å². The number of carbonyl (C=O) groups excluding carboxylic acids is 2. The van der Waals surface area contributed by atoms with Crippen molar-refractivity contribution in [1.29, 1.82) is 5.41 Å². The molecule has 5 nitrogen and oxygen atoms in total. The van der Waals surface area contributed by atoms with Crippen LogP contribution in [0.25, 0.3) is 0 Å². The van der Waals surface area contributed by atoms with E-state index in [0.717, 1.165) is 23.1 Å². The molecule has 0 spiro atoms. The second-order valence-corrected chi connectivity index (χ2v) is 6.06. The van der Waals surface area contributed by atoms with Gasteiger partial charge >= 0.3 is 0 Å². The first kappa shape index (κ1) is 19.8. The predicted octanol–water partition coefficient (Wildman–Crippen LogP) is 2.84. The topological polar surface area (TPSA) is 70.5 Å². The number of hydrogen-bond donors (Lipinski definition) is 1. The summed E-state index contributed by atoms with van der Waals surface area (Å²) in [5.74, 6) is -0.945. The first-order chi connectivity index (χ1) is 11.3. The lowest BCUT2D eigenvalue weighted by Crippen LogP contribution is -2.22. The smallest absolute Gasteiger partial charge is 0.184 e. The maximum absolute atomic E-state index is 11.7. The minimum absolute atomic E-state index is 0.123. The number of ether oxygens (including phenoxy) is 1. The van der Waals surface area contributed by atoms with Gasteiger partial charge < -0.3 is 9.64 Å². The SMILES string of the molecule is C=C=C(CC(=C)CCC(=O)C(=N)C(C)=O)C1=C(N(C)C)CCOC1. The van der Waals surface area contributed by atoms with E-state index in [9.17, 15) is 9.59 Å². The third-order valence-electron chi connectivity index (χ3n) is 3.96. The van der Waals surface area contributed by atoms with Crippen molar-refractivity contribution >= 4 is 17.3 Å². The van der Waals surface area contributed by atoms with Gasteiger partial charge in [0.25, 0.3) is 0 Å². The van der Waals surface area contributed by atoms with Gasteiger partial charge in [0.05, 0.1) is 13.2 Å². The summed E-state index contributed by atoms with van der Waals surface area (Å²) < 4.78 is 5.56. The van der Waals surface area contributed by atoms with E-state index in [4.69, 9.17) is 10.1 Å². The highest BCUT2D eigenvalue weighted by Crippen LogP contribution is 2.28. The summed E-state index contributed by atoms with van der Waals surface area (Å²) in [4.78, 5) is 24.9. The summed E-state index contributed by atoms with van der Waals surface area (Å²) in [5, 5.41) is 7.42. The van der Waals surface area contributed by atoms with Crippen LogP contribution in [0.5, 0.6) is 0 Å². The number of nitrogens with zero attached hydrogens (tertiary/aromatic N) is 1. The molecule has 0 atom stereocenters. The number of carbonyl (C=O) groups is 2. The van der Waals surface area contributed by atoms with Crippen molar-refractivity contribution in [3.63, 3.8) is 0 Å². The average Bonchev–Trinajstić information content (AvgIpc) is 2.56. The lowest BCUT2D eigenvalue weighted by molar-refractivity contribution is -0.116. The monoisotopic (exact) mass is 330 g/mol. The molecular weight excluding hydrogens is 304 g/mol. The number of rotatable bonds is 9. The second kappa shape index (κ2) is 9.16. The summed E-state index contributed by atoms with van der Waals surface area (Å²) in [7, 11) is 4.00. The van der Waals surface area contributed by atoms with E-state index in [1.165, 1.54) is 12.6 Å². The molecule has 1 rings (SSSR count). The molecule has 1 heterocycles. The Morgan fingerprint density at radius 1 is 1.33 bits per heavy atom.